The van der Waals surface area contributed by atoms with E-state index >= 15 is 0 Å². The van der Waals surface area contributed by atoms with Gasteiger partial charge in [-0.25, -0.2) is 29.6 Å². The molecular weight excluding hydrogens is 1210 g/mol. The number of aromatic nitrogens is 8. The highest BCUT2D eigenvalue weighted by Gasteiger charge is 2.31. The first-order valence-electron chi connectivity index (χ1n) is 28.8. The molecule has 5 heterocycles. The zero-order chi connectivity index (χ0) is 62.5. The van der Waals surface area contributed by atoms with E-state index in [1.165, 1.54) is 48.1 Å². The number of anilines is 6. The number of halogens is 4. The van der Waals surface area contributed by atoms with E-state index in [0.29, 0.717) is 179 Å². The maximum absolute atomic E-state index is 13.0. The van der Waals surface area contributed by atoms with Crippen molar-refractivity contribution in [1.82, 2.24) is 50.1 Å². The van der Waals surface area contributed by atoms with Crippen LogP contribution in [0.25, 0.3) is 11.3 Å². The summed E-state index contributed by atoms with van der Waals surface area (Å²) in [5.41, 5.74) is 4.32. The van der Waals surface area contributed by atoms with Crippen molar-refractivity contribution in [1.29, 1.82) is 0 Å². The summed E-state index contributed by atoms with van der Waals surface area (Å²) in [4.78, 5) is 53.0. The number of para-hydroxylation sites is 1. The predicted octanol–water partition coefficient (Wildman–Crippen LogP) is 7.77. The number of ether oxygens (including phenoxy) is 9. The summed E-state index contributed by atoms with van der Waals surface area (Å²) in [5, 5.41) is 21.4. The highest BCUT2D eigenvalue weighted by Crippen LogP contribution is 2.30. The molecule has 4 aromatic heterocycles. The Morgan fingerprint density at radius 3 is 1.99 bits per heavy atom. The Hall–Kier alpha value is -7.55. The number of rotatable bonds is 39. The zero-order valence-corrected chi connectivity index (χ0v) is 51.0. The topological polar surface area (TPSA) is 267 Å². The fourth-order valence-electron chi connectivity index (χ4n) is 8.58. The minimum Gasteiger partial charge on any atom is -0.406 e. The van der Waals surface area contributed by atoms with Gasteiger partial charge in [0.25, 0.3) is 11.8 Å². The van der Waals surface area contributed by atoms with Gasteiger partial charge in [-0.1, -0.05) is 52.4 Å². The van der Waals surface area contributed by atoms with Crippen molar-refractivity contribution in [3.05, 3.63) is 130 Å². The largest absolute Gasteiger partial charge is 0.573 e. The number of hydrogen-bond acceptors (Lipinski definition) is 23. The molecule has 0 spiro atoms. The fraction of sp³-hybridized carbons (Fsp3) is 0.441. The van der Waals surface area contributed by atoms with Crippen LogP contribution in [0.1, 0.15) is 37.1 Å². The first kappa shape index (κ1) is 67.4. The van der Waals surface area contributed by atoms with Gasteiger partial charge in [0.1, 0.15) is 45.9 Å². The predicted molar refractivity (Wildman–Crippen MR) is 327 cm³/mol. The lowest BCUT2D eigenvalue weighted by atomic mass is 10.1. The fourth-order valence-corrected chi connectivity index (χ4v) is 9.57. The van der Waals surface area contributed by atoms with Crippen LogP contribution in [-0.4, -0.2) is 201 Å². The highest BCUT2D eigenvalue weighted by molar-refractivity contribution is 7.17. The van der Waals surface area contributed by atoms with Crippen LogP contribution < -0.4 is 30.9 Å². The summed E-state index contributed by atoms with van der Waals surface area (Å²) < 4.78 is 88.2. The highest BCUT2D eigenvalue weighted by atomic mass is 35.5. The van der Waals surface area contributed by atoms with Gasteiger partial charge in [0, 0.05) is 68.2 Å². The number of alkyl halides is 3. The summed E-state index contributed by atoms with van der Waals surface area (Å²) in [6.45, 7) is 15.4. The average Bonchev–Trinajstić information content (AvgIpc) is 2.85. The SMILES string of the molecule is Cc1nc(Nc2ncc(C(=O)Nc3c(C)cccc3Cl)s2)cc(N2CCN(CCOCc3cn(CCOCCOCCOCCOCCOCCOCCOCCNC(=O)c4cccc(-c5cc(Nc6ccc(OC(F)(F)F)cc6)ncn5)c4)nn3)CC2)n1. The molecule has 0 atom stereocenters. The van der Waals surface area contributed by atoms with Crippen LogP contribution in [0.2, 0.25) is 5.02 Å². The van der Waals surface area contributed by atoms with Gasteiger partial charge in [0.15, 0.2) is 5.13 Å². The van der Waals surface area contributed by atoms with Crippen LogP contribution in [0.3, 0.4) is 0 Å². The number of aryl methyl sites for hydroxylation is 2. The molecule has 1 aliphatic rings. The first-order valence-corrected chi connectivity index (χ1v) is 30.0. The van der Waals surface area contributed by atoms with Crippen LogP contribution in [-0.2, 0) is 51.0 Å². The Bertz CT molecular complexity index is 3250. The summed E-state index contributed by atoms with van der Waals surface area (Å²) >= 11 is 7.53. The Balaban J connectivity index is 0.550. The second kappa shape index (κ2) is 36.2. The van der Waals surface area contributed by atoms with Crippen molar-refractivity contribution >= 4 is 68.7 Å². The van der Waals surface area contributed by atoms with Gasteiger partial charge in [-0.3, -0.25) is 14.5 Å². The van der Waals surface area contributed by atoms with Crippen LogP contribution in [0.4, 0.5) is 47.1 Å². The molecule has 30 heteroatoms. The molecule has 89 heavy (non-hydrogen) atoms. The Morgan fingerprint density at radius 2 is 1.31 bits per heavy atom. The standard InChI is InChI=1S/C59H72ClF3N14O11S/c1-42-5-3-8-49(60)55(42)72-57(79)51-38-65-58(89-51)71-53-37-54(69-43(2)68-53)76-16-14-75(15-17-76)18-21-87-40-47-39-77(74-73-47)19-22-81-24-26-83-28-30-85-32-34-86-33-31-84-29-27-82-25-23-80-20-13-64-56(78)45-7-4-6-44(35-45)50-36-52(67-41-66-50)70-46-9-11-48(12-10-46)88-59(61,62)63/h3-12,35-39,41H,13-34,40H2,1-2H3,(H,64,78)(H,72,79)(H,66,67,70)(H,65,68,69,71). The second-order valence-corrected chi connectivity index (χ2v) is 21.1. The Labute approximate surface area is 521 Å². The van der Waals surface area contributed by atoms with Gasteiger partial charge < -0.3 is 68.8 Å². The van der Waals surface area contributed by atoms with E-state index < -0.39 is 6.36 Å². The molecule has 1 fully saturated rings. The van der Waals surface area contributed by atoms with E-state index in [4.69, 9.17) is 54.5 Å². The third kappa shape index (κ3) is 24.1. The number of nitrogens with one attached hydrogen (secondary N) is 4. The van der Waals surface area contributed by atoms with Crippen LogP contribution in [0.15, 0.2) is 97.6 Å². The average molecular weight is 1280 g/mol. The van der Waals surface area contributed by atoms with Gasteiger partial charge in [-0.15, -0.1) is 18.3 Å². The number of carbonyl (C=O) groups is 2. The van der Waals surface area contributed by atoms with Crippen LogP contribution in [0, 0.1) is 13.8 Å². The molecule has 478 valence electrons. The zero-order valence-electron chi connectivity index (χ0n) is 49.4. The van der Waals surface area contributed by atoms with E-state index in [1.807, 2.05) is 38.2 Å². The van der Waals surface area contributed by atoms with Gasteiger partial charge in [0.2, 0.25) is 0 Å². The third-order valence-corrected chi connectivity index (χ3v) is 14.2. The molecule has 3 aromatic carbocycles. The number of amides is 2. The molecule has 2 amide bonds. The molecule has 0 saturated carbocycles. The summed E-state index contributed by atoms with van der Waals surface area (Å²) in [6, 6.07) is 21.2. The number of benzene rings is 3. The summed E-state index contributed by atoms with van der Waals surface area (Å²) in [7, 11) is 0. The number of thiazole rings is 1. The monoisotopic (exact) mass is 1280 g/mol. The smallest absolute Gasteiger partial charge is 0.406 e. The lowest BCUT2D eigenvalue weighted by Crippen LogP contribution is -2.47. The van der Waals surface area contributed by atoms with E-state index in [2.05, 4.69) is 66.1 Å². The number of nitrogens with zero attached hydrogens (tertiary/aromatic N) is 10. The summed E-state index contributed by atoms with van der Waals surface area (Å²) in [6.07, 6.45) is -0.0397. The molecule has 0 radical (unpaired) electrons. The number of piperazine rings is 1. The van der Waals surface area contributed by atoms with Gasteiger partial charge >= 0.3 is 6.36 Å². The second-order valence-electron chi connectivity index (χ2n) is 19.7. The molecule has 7 aromatic rings. The van der Waals surface area contributed by atoms with Crippen molar-refractivity contribution in [2.45, 2.75) is 33.4 Å². The summed E-state index contributed by atoms with van der Waals surface area (Å²) in [5.74, 6) is 1.54. The molecule has 4 N–H and O–H groups in total. The third-order valence-electron chi connectivity index (χ3n) is 13.0. The van der Waals surface area contributed by atoms with E-state index in [0.717, 1.165) is 49.8 Å². The van der Waals surface area contributed by atoms with Crippen molar-refractivity contribution in [2.75, 3.05) is 159 Å². The van der Waals surface area contributed by atoms with E-state index in [1.54, 1.807) is 41.1 Å². The molecular formula is C59H72ClF3N14O11S. The Morgan fingerprint density at radius 1 is 0.663 bits per heavy atom. The minimum absolute atomic E-state index is 0.284. The van der Waals surface area contributed by atoms with Crippen LogP contribution >= 0.6 is 22.9 Å². The Kier molecular flexibility index (Phi) is 27.4. The molecule has 1 saturated heterocycles. The van der Waals surface area contributed by atoms with E-state index in [-0.39, 0.29) is 17.6 Å². The number of carbonyl (C=O) groups excluding carboxylic acids is 2. The minimum atomic E-state index is -4.78. The number of hydrogen-bond donors (Lipinski definition) is 4. The van der Waals surface area contributed by atoms with Crippen molar-refractivity contribution in [3.8, 4) is 17.0 Å². The molecule has 8 rings (SSSR count). The van der Waals surface area contributed by atoms with Gasteiger partial charge in [-0.05, 0) is 61.9 Å². The van der Waals surface area contributed by atoms with Crippen molar-refractivity contribution in [2.24, 2.45) is 0 Å². The lowest BCUT2D eigenvalue weighted by Gasteiger charge is -2.35. The lowest BCUT2D eigenvalue weighted by molar-refractivity contribution is -0.274. The quantitative estimate of drug-likeness (QED) is 0.0268. The molecule has 0 bridgehead atoms. The van der Waals surface area contributed by atoms with E-state index in [9.17, 15) is 22.8 Å². The maximum Gasteiger partial charge on any atom is 0.573 e. The normalized spacial score (nSPS) is 12.8. The molecule has 1 aliphatic heterocycles. The van der Waals surface area contributed by atoms with Crippen molar-refractivity contribution in [3.63, 3.8) is 0 Å². The molecule has 0 aliphatic carbocycles. The van der Waals surface area contributed by atoms with Gasteiger partial charge in [-0.2, -0.15) is 0 Å². The van der Waals surface area contributed by atoms with Crippen molar-refractivity contribution < 1.29 is 65.4 Å². The maximum atomic E-state index is 13.0. The molecule has 0 unspecified atom stereocenters. The van der Waals surface area contributed by atoms with Gasteiger partial charge in [0.05, 0.1) is 141 Å². The van der Waals surface area contributed by atoms with Crippen LogP contribution in [0.5, 0.6) is 5.75 Å². The first-order chi connectivity index (χ1) is 43.3. The molecule has 25 nitrogen and oxygen atoms in total.